The van der Waals surface area contributed by atoms with Crippen molar-refractivity contribution in [2.45, 2.75) is 64.5 Å². The third kappa shape index (κ3) is 2.83. The predicted octanol–water partition coefficient (Wildman–Crippen LogP) is 2.81. The van der Waals surface area contributed by atoms with Crippen LogP contribution >= 0.6 is 11.6 Å². The van der Waals surface area contributed by atoms with Crippen LogP contribution in [0.2, 0.25) is 0 Å². The van der Waals surface area contributed by atoms with Gasteiger partial charge in [-0.3, -0.25) is 9.59 Å². The lowest BCUT2D eigenvalue weighted by Crippen LogP contribution is -2.71. The summed E-state index contributed by atoms with van der Waals surface area (Å²) >= 11 is 5.78. The molecule has 0 bridgehead atoms. The summed E-state index contributed by atoms with van der Waals surface area (Å²) in [6.07, 6.45) is 4.37. The Morgan fingerprint density at radius 1 is 1.48 bits per heavy atom. The fourth-order valence-electron chi connectivity index (χ4n) is 3.43. The molecule has 5 heteroatoms. The largest absolute Gasteiger partial charge is 0.342 e. The molecule has 4 nitrogen and oxygen atoms in total. The van der Waals surface area contributed by atoms with Crippen LogP contribution in [0.5, 0.6) is 0 Å². The Morgan fingerprint density at radius 2 is 2.10 bits per heavy atom. The van der Waals surface area contributed by atoms with Crippen molar-refractivity contribution in [3.8, 4) is 0 Å². The van der Waals surface area contributed by atoms with Crippen LogP contribution < -0.4 is 5.32 Å². The van der Waals surface area contributed by atoms with Gasteiger partial charge in [0.1, 0.15) is 11.6 Å². The Morgan fingerprint density at radius 3 is 2.62 bits per heavy atom. The molecule has 2 unspecified atom stereocenters. The van der Waals surface area contributed by atoms with Crippen molar-refractivity contribution in [1.29, 1.82) is 0 Å². The Balaban J connectivity index is 2.35. The zero-order chi connectivity index (χ0) is 15.6. The number of nitrogens with one attached hydrogen (secondary N) is 1. The minimum Gasteiger partial charge on any atom is -0.342 e. The van der Waals surface area contributed by atoms with Crippen molar-refractivity contribution in [2.24, 2.45) is 5.92 Å². The molecule has 2 aliphatic rings. The highest BCUT2D eigenvalue weighted by Crippen LogP contribution is 2.39. The summed E-state index contributed by atoms with van der Waals surface area (Å²) in [6, 6.07) is -0.406. The van der Waals surface area contributed by atoms with Gasteiger partial charge in [-0.2, -0.15) is 0 Å². The van der Waals surface area contributed by atoms with Crippen molar-refractivity contribution < 1.29 is 9.59 Å². The predicted molar refractivity (Wildman–Crippen MR) is 83.9 cm³/mol. The van der Waals surface area contributed by atoms with E-state index < -0.39 is 11.6 Å². The van der Waals surface area contributed by atoms with Gasteiger partial charge in [-0.05, 0) is 31.3 Å². The average molecular weight is 313 g/mol. The molecule has 0 aromatic rings. The Bertz CT molecular complexity index is 455. The van der Waals surface area contributed by atoms with E-state index in [-0.39, 0.29) is 17.7 Å². The molecule has 1 saturated carbocycles. The van der Waals surface area contributed by atoms with Gasteiger partial charge >= 0.3 is 0 Å². The third-order valence-corrected chi connectivity index (χ3v) is 5.37. The standard InChI is InChI=1S/C16H25ClN2O2/c1-4-12(3)13-14(20)19(10-11(2)9-17)16(15(21)18-13)7-5-6-8-16/h9,12-13H,4-8,10H2,1-3H3,(H,18,21). The molecule has 1 aliphatic carbocycles. The summed E-state index contributed by atoms with van der Waals surface area (Å²) < 4.78 is 0. The van der Waals surface area contributed by atoms with Crippen molar-refractivity contribution in [2.75, 3.05) is 6.54 Å². The molecule has 21 heavy (non-hydrogen) atoms. The number of halogens is 1. The molecule has 0 radical (unpaired) electrons. The maximum absolute atomic E-state index is 12.9. The first-order chi connectivity index (χ1) is 9.96. The quantitative estimate of drug-likeness (QED) is 0.868. The fraction of sp³-hybridized carbons (Fsp3) is 0.750. The zero-order valence-electron chi connectivity index (χ0n) is 13.1. The summed E-state index contributed by atoms with van der Waals surface area (Å²) in [5.74, 6) is 0.207. The van der Waals surface area contributed by atoms with Gasteiger partial charge in [0.05, 0.1) is 0 Å². The summed E-state index contributed by atoms with van der Waals surface area (Å²) in [4.78, 5) is 27.4. The maximum atomic E-state index is 12.9. The van der Waals surface area contributed by atoms with Gasteiger partial charge < -0.3 is 10.2 Å². The molecule has 1 heterocycles. The molecule has 1 N–H and O–H groups in total. The van der Waals surface area contributed by atoms with Crippen LogP contribution in [0.25, 0.3) is 0 Å². The number of hydrogen-bond donors (Lipinski definition) is 1. The van der Waals surface area contributed by atoms with Crippen LogP contribution in [0.1, 0.15) is 52.9 Å². The SMILES string of the molecule is CCC(C)C1NC(=O)C2(CCCC2)N(CC(C)=CCl)C1=O. The molecule has 118 valence electrons. The number of rotatable bonds is 4. The minimum absolute atomic E-state index is 0.0206. The number of hydrogen-bond acceptors (Lipinski definition) is 2. The highest BCUT2D eigenvalue weighted by atomic mass is 35.5. The number of carbonyl (C=O) groups is 2. The topological polar surface area (TPSA) is 49.4 Å². The lowest BCUT2D eigenvalue weighted by Gasteiger charge is -2.47. The molecule has 2 atom stereocenters. The van der Waals surface area contributed by atoms with E-state index in [9.17, 15) is 9.59 Å². The van der Waals surface area contributed by atoms with Crippen LogP contribution in [0.15, 0.2) is 11.1 Å². The molecule has 1 aliphatic heterocycles. The Hall–Kier alpha value is -1.03. The maximum Gasteiger partial charge on any atom is 0.246 e. The van der Waals surface area contributed by atoms with E-state index in [0.717, 1.165) is 37.7 Å². The van der Waals surface area contributed by atoms with Crippen LogP contribution in [0.4, 0.5) is 0 Å². The lowest BCUT2D eigenvalue weighted by atomic mass is 9.85. The zero-order valence-corrected chi connectivity index (χ0v) is 13.9. The van der Waals surface area contributed by atoms with E-state index in [1.54, 1.807) is 4.90 Å². The van der Waals surface area contributed by atoms with Crippen LogP contribution in [-0.4, -0.2) is 34.8 Å². The van der Waals surface area contributed by atoms with E-state index in [0.29, 0.717) is 6.54 Å². The first kappa shape index (κ1) is 16.3. The average Bonchev–Trinajstić information content (AvgIpc) is 2.97. The van der Waals surface area contributed by atoms with Gasteiger partial charge in [-0.1, -0.05) is 44.7 Å². The van der Waals surface area contributed by atoms with Gasteiger partial charge in [0, 0.05) is 12.1 Å². The van der Waals surface area contributed by atoms with Gasteiger partial charge in [-0.15, -0.1) is 0 Å². The molecule has 0 aromatic heterocycles. The van der Waals surface area contributed by atoms with Crippen molar-refractivity contribution >= 4 is 23.4 Å². The first-order valence-electron chi connectivity index (χ1n) is 7.84. The number of piperazine rings is 1. The highest BCUT2D eigenvalue weighted by Gasteiger charge is 2.54. The fourth-order valence-corrected chi connectivity index (χ4v) is 3.50. The first-order valence-corrected chi connectivity index (χ1v) is 8.28. The minimum atomic E-state index is -0.651. The lowest BCUT2D eigenvalue weighted by molar-refractivity contribution is -0.158. The van der Waals surface area contributed by atoms with Gasteiger partial charge in [0.25, 0.3) is 0 Å². The monoisotopic (exact) mass is 312 g/mol. The van der Waals surface area contributed by atoms with Crippen molar-refractivity contribution in [3.63, 3.8) is 0 Å². The number of nitrogens with zero attached hydrogens (tertiary/aromatic N) is 1. The summed E-state index contributed by atoms with van der Waals surface area (Å²) in [5, 5.41) is 2.99. The van der Waals surface area contributed by atoms with Crippen molar-refractivity contribution in [3.05, 3.63) is 11.1 Å². The molecule has 0 aromatic carbocycles. The Kier molecular flexibility index (Phi) is 4.97. The van der Waals surface area contributed by atoms with Crippen LogP contribution in [0, 0.1) is 5.92 Å². The van der Waals surface area contributed by atoms with E-state index in [1.165, 1.54) is 5.54 Å². The number of amides is 2. The summed E-state index contributed by atoms with van der Waals surface area (Å²) in [5.41, 5.74) is 1.76. The molecule has 1 saturated heterocycles. The molecule has 2 fully saturated rings. The van der Waals surface area contributed by atoms with Gasteiger partial charge in [-0.25, -0.2) is 0 Å². The van der Waals surface area contributed by atoms with Crippen molar-refractivity contribution in [1.82, 2.24) is 10.2 Å². The highest BCUT2D eigenvalue weighted by molar-refractivity contribution is 6.25. The Labute approximate surface area is 131 Å². The van der Waals surface area contributed by atoms with E-state index in [1.807, 2.05) is 20.8 Å². The smallest absolute Gasteiger partial charge is 0.246 e. The van der Waals surface area contributed by atoms with Gasteiger partial charge in [0.2, 0.25) is 11.8 Å². The van der Waals surface area contributed by atoms with Crippen LogP contribution in [0.3, 0.4) is 0 Å². The second-order valence-electron chi connectivity index (χ2n) is 6.46. The molecule has 1 spiro atoms. The van der Waals surface area contributed by atoms with Gasteiger partial charge in [0.15, 0.2) is 0 Å². The molecular weight excluding hydrogens is 288 g/mol. The molecule has 2 amide bonds. The summed E-state index contributed by atoms with van der Waals surface area (Å²) in [6.45, 7) is 6.40. The molecular formula is C16H25ClN2O2. The van der Waals surface area contributed by atoms with E-state index in [4.69, 9.17) is 11.6 Å². The van der Waals surface area contributed by atoms with E-state index in [2.05, 4.69) is 5.32 Å². The normalized spacial score (nSPS) is 27.1. The second kappa shape index (κ2) is 6.39. The third-order valence-electron chi connectivity index (χ3n) is 5.00. The second-order valence-corrected chi connectivity index (χ2v) is 6.67. The van der Waals surface area contributed by atoms with Crippen LogP contribution in [-0.2, 0) is 9.59 Å². The van der Waals surface area contributed by atoms with E-state index >= 15 is 0 Å². The number of carbonyl (C=O) groups excluding carboxylic acids is 2. The molecule has 2 rings (SSSR count). The summed E-state index contributed by atoms with van der Waals surface area (Å²) in [7, 11) is 0.